The summed E-state index contributed by atoms with van der Waals surface area (Å²) < 4.78 is 5.23. The van der Waals surface area contributed by atoms with E-state index >= 15 is 0 Å². The van der Waals surface area contributed by atoms with Crippen molar-refractivity contribution in [2.75, 3.05) is 7.11 Å². The predicted octanol–water partition coefficient (Wildman–Crippen LogP) is 2.50. The number of hydrogen-bond donors (Lipinski definition) is 1. The van der Waals surface area contributed by atoms with Crippen LogP contribution in [0.3, 0.4) is 0 Å². The minimum absolute atomic E-state index is 0.0983. The normalized spacial score (nSPS) is 12.5. The fourth-order valence-corrected chi connectivity index (χ4v) is 1.44. The molecule has 0 heterocycles. The lowest BCUT2D eigenvalue weighted by atomic mass is 10.0. The molecule has 1 aromatic carbocycles. The summed E-state index contributed by atoms with van der Waals surface area (Å²) in [6.45, 7) is 2.13. The van der Waals surface area contributed by atoms with Crippen LogP contribution < -0.4 is 10.5 Å². The molecule has 0 aliphatic rings. The quantitative estimate of drug-likeness (QED) is 0.770. The van der Waals surface area contributed by atoms with Gasteiger partial charge < -0.3 is 10.5 Å². The van der Waals surface area contributed by atoms with E-state index in [9.17, 15) is 0 Å². The highest BCUT2D eigenvalue weighted by Crippen LogP contribution is 2.25. The number of hydrogen-bond acceptors (Lipinski definition) is 2. The summed E-state index contributed by atoms with van der Waals surface area (Å²) in [5.41, 5.74) is 7.11. The molecule has 0 aliphatic heterocycles. The summed E-state index contributed by atoms with van der Waals surface area (Å²) in [5, 5.41) is 0. The maximum absolute atomic E-state index is 6.00. The molecular weight excluding hydrogens is 162 g/mol. The maximum atomic E-state index is 6.00. The third-order valence-corrected chi connectivity index (χ3v) is 2.14. The van der Waals surface area contributed by atoms with Gasteiger partial charge >= 0.3 is 0 Å². The zero-order valence-corrected chi connectivity index (χ0v) is 8.29. The minimum atomic E-state index is 0.0983. The molecule has 1 aromatic rings. The van der Waals surface area contributed by atoms with Crippen LogP contribution in [0.25, 0.3) is 0 Å². The van der Waals surface area contributed by atoms with E-state index in [1.54, 1.807) is 7.11 Å². The van der Waals surface area contributed by atoms with Crippen molar-refractivity contribution in [1.29, 1.82) is 0 Å². The van der Waals surface area contributed by atoms with Gasteiger partial charge in [0.2, 0.25) is 0 Å². The Kier molecular flexibility index (Phi) is 3.77. The Morgan fingerprint density at radius 3 is 2.69 bits per heavy atom. The molecule has 72 valence electrons. The number of rotatable bonds is 4. The van der Waals surface area contributed by atoms with E-state index in [1.165, 1.54) is 0 Å². The molecule has 1 rings (SSSR count). The number of ether oxygens (including phenoxy) is 1. The van der Waals surface area contributed by atoms with Crippen LogP contribution in [0.15, 0.2) is 24.3 Å². The fourth-order valence-electron chi connectivity index (χ4n) is 1.44. The fraction of sp³-hybridized carbons (Fsp3) is 0.455. The molecule has 0 amide bonds. The second-order valence-corrected chi connectivity index (χ2v) is 3.14. The lowest BCUT2D eigenvalue weighted by Gasteiger charge is -2.14. The molecule has 0 saturated carbocycles. The van der Waals surface area contributed by atoms with Gasteiger partial charge in [0.1, 0.15) is 5.75 Å². The average molecular weight is 179 g/mol. The van der Waals surface area contributed by atoms with E-state index < -0.39 is 0 Å². The largest absolute Gasteiger partial charge is 0.496 e. The second kappa shape index (κ2) is 4.87. The van der Waals surface area contributed by atoms with Crippen LogP contribution in [0.5, 0.6) is 5.75 Å². The molecule has 13 heavy (non-hydrogen) atoms. The van der Waals surface area contributed by atoms with Crippen molar-refractivity contribution in [1.82, 2.24) is 0 Å². The first kappa shape index (κ1) is 10.1. The SMILES string of the molecule is CCCC(N)c1ccccc1OC. The Bertz CT molecular complexity index is 260. The van der Waals surface area contributed by atoms with E-state index in [0.717, 1.165) is 24.2 Å². The van der Waals surface area contributed by atoms with Crippen LogP contribution in [-0.2, 0) is 0 Å². The Morgan fingerprint density at radius 2 is 2.08 bits per heavy atom. The lowest BCUT2D eigenvalue weighted by molar-refractivity contribution is 0.404. The van der Waals surface area contributed by atoms with Crippen molar-refractivity contribution >= 4 is 0 Å². The molecule has 0 radical (unpaired) electrons. The summed E-state index contributed by atoms with van der Waals surface area (Å²) in [7, 11) is 1.68. The van der Waals surface area contributed by atoms with Crippen molar-refractivity contribution in [2.24, 2.45) is 5.73 Å². The van der Waals surface area contributed by atoms with Gasteiger partial charge in [-0.05, 0) is 12.5 Å². The zero-order valence-electron chi connectivity index (χ0n) is 8.29. The van der Waals surface area contributed by atoms with Crippen LogP contribution in [0.1, 0.15) is 31.4 Å². The molecule has 0 bridgehead atoms. The molecule has 1 unspecified atom stereocenters. The molecule has 0 spiro atoms. The van der Waals surface area contributed by atoms with Crippen molar-refractivity contribution < 1.29 is 4.74 Å². The summed E-state index contributed by atoms with van der Waals surface area (Å²) in [5.74, 6) is 0.892. The Morgan fingerprint density at radius 1 is 1.38 bits per heavy atom. The molecule has 2 nitrogen and oxygen atoms in total. The van der Waals surface area contributed by atoms with E-state index in [1.807, 2.05) is 24.3 Å². The van der Waals surface area contributed by atoms with E-state index in [0.29, 0.717) is 0 Å². The van der Waals surface area contributed by atoms with Gasteiger partial charge in [0.25, 0.3) is 0 Å². The highest BCUT2D eigenvalue weighted by atomic mass is 16.5. The molecule has 1 atom stereocenters. The molecule has 0 aromatic heterocycles. The number of para-hydroxylation sites is 1. The van der Waals surface area contributed by atoms with Gasteiger partial charge in [0.15, 0.2) is 0 Å². The van der Waals surface area contributed by atoms with Crippen LogP contribution in [0, 0.1) is 0 Å². The predicted molar refractivity (Wildman–Crippen MR) is 54.8 cm³/mol. The van der Waals surface area contributed by atoms with Gasteiger partial charge in [0, 0.05) is 11.6 Å². The van der Waals surface area contributed by atoms with Crippen molar-refractivity contribution in [3.8, 4) is 5.75 Å². The first-order valence-corrected chi connectivity index (χ1v) is 4.68. The van der Waals surface area contributed by atoms with Gasteiger partial charge in [-0.2, -0.15) is 0 Å². The molecular formula is C11H17NO. The van der Waals surface area contributed by atoms with Gasteiger partial charge in [-0.15, -0.1) is 0 Å². The van der Waals surface area contributed by atoms with Gasteiger partial charge in [-0.25, -0.2) is 0 Å². The monoisotopic (exact) mass is 179 g/mol. The highest BCUT2D eigenvalue weighted by molar-refractivity contribution is 5.35. The number of nitrogens with two attached hydrogens (primary N) is 1. The first-order chi connectivity index (χ1) is 6.29. The van der Waals surface area contributed by atoms with Crippen LogP contribution in [0.4, 0.5) is 0 Å². The van der Waals surface area contributed by atoms with Gasteiger partial charge in [-0.3, -0.25) is 0 Å². The smallest absolute Gasteiger partial charge is 0.123 e. The van der Waals surface area contributed by atoms with Crippen LogP contribution in [0.2, 0.25) is 0 Å². The number of benzene rings is 1. The molecule has 0 fully saturated rings. The summed E-state index contributed by atoms with van der Waals surface area (Å²) in [4.78, 5) is 0. The lowest BCUT2D eigenvalue weighted by Crippen LogP contribution is -2.10. The Hall–Kier alpha value is -1.02. The molecule has 0 saturated heterocycles. The standard InChI is InChI=1S/C11H17NO/c1-3-6-10(12)9-7-4-5-8-11(9)13-2/h4-5,7-8,10H,3,6,12H2,1-2H3. The average Bonchev–Trinajstić information content (AvgIpc) is 2.18. The van der Waals surface area contributed by atoms with Crippen molar-refractivity contribution in [2.45, 2.75) is 25.8 Å². The third kappa shape index (κ3) is 2.46. The zero-order chi connectivity index (χ0) is 9.68. The van der Waals surface area contributed by atoms with Gasteiger partial charge in [-0.1, -0.05) is 31.5 Å². The Labute approximate surface area is 79.7 Å². The van der Waals surface area contributed by atoms with Crippen molar-refractivity contribution in [3.05, 3.63) is 29.8 Å². The molecule has 0 aliphatic carbocycles. The summed E-state index contributed by atoms with van der Waals surface area (Å²) >= 11 is 0. The van der Waals surface area contributed by atoms with E-state index in [4.69, 9.17) is 10.5 Å². The summed E-state index contributed by atoms with van der Waals surface area (Å²) in [6, 6.07) is 8.03. The summed E-state index contributed by atoms with van der Waals surface area (Å²) in [6.07, 6.45) is 2.10. The molecule has 2 N–H and O–H groups in total. The number of methoxy groups -OCH3 is 1. The molecule has 2 heteroatoms. The Balaban J connectivity index is 2.85. The topological polar surface area (TPSA) is 35.2 Å². The second-order valence-electron chi connectivity index (χ2n) is 3.14. The third-order valence-electron chi connectivity index (χ3n) is 2.14. The highest BCUT2D eigenvalue weighted by Gasteiger charge is 2.09. The van der Waals surface area contributed by atoms with Gasteiger partial charge in [0.05, 0.1) is 7.11 Å². The van der Waals surface area contributed by atoms with Crippen LogP contribution in [-0.4, -0.2) is 7.11 Å². The van der Waals surface area contributed by atoms with Crippen LogP contribution >= 0.6 is 0 Å². The maximum Gasteiger partial charge on any atom is 0.123 e. The van der Waals surface area contributed by atoms with Crippen molar-refractivity contribution in [3.63, 3.8) is 0 Å². The first-order valence-electron chi connectivity index (χ1n) is 4.68. The van der Waals surface area contributed by atoms with E-state index in [-0.39, 0.29) is 6.04 Å². The van der Waals surface area contributed by atoms with E-state index in [2.05, 4.69) is 6.92 Å². The minimum Gasteiger partial charge on any atom is -0.496 e.